The molecule has 1 saturated heterocycles. The number of benzene rings is 2. The molecule has 1 aliphatic heterocycles. The van der Waals surface area contributed by atoms with Gasteiger partial charge in [-0.25, -0.2) is 12.7 Å². The zero-order chi connectivity index (χ0) is 23.5. The number of sulfonamides is 1. The first kappa shape index (κ1) is 25.2. The van der Waals surface area contributed by atoms with E-state index in [2.05, 4.69) is 24.4 Å². The van der Waals surface area contributed by atoms with Crippen molar-refractivity contribution in [3.63, 3.8) is 0 Å². The highest BCUT2D eigenvalue weighted by molar-refractivity contribution is 7.89. The molecule has 0 saturated carbocycles. The third-order valence-corrected chi connectivity index (χ3v) is 7.91. The second-order valence-corrected chi connectivity index (χ2v) is 10.7. The Morgan fingerprint density at radius 1 is 1.06 bits per heavy atom. The molecule has 0 bridgehead atoms. The van der Waals surface area contributed by atoms with Gasteiger partial charge in [0.2, 0.25) is 15.9 Å². The van der Waals surface area contributed by atoms with Gasteiger partial charge in [-0.1, -0.05) is 55.8 Å². The highest BCUT2D eigenvalue weighted by Crippen LogP contribution is 2.20. The molecular formula is C26H36N2O4S. The summed E-state index contributed by atoms with van der Waals surface area (Å²) in [5, 5.41) is 2.91. The van der Waals surface area contributed by atoms with Crippen LogP contribution in [0.4, 0.5) is 0 Å². The van der Waals surface area contributed by atoms with E-state index in [1.807, 2.05) is 42.5 Å². The largest absolute Gasteiger partial charge is 0.492 e. The molecule has 1 amide bonds. The fourth-order valence-corrected chi connectivity index (χ4v) is 5.75. The predicted octanol–water partition coefficient (Wildman–Crippen LogP) is 3.81. The molecule has 0 radical (unpaired) electrons. The first-order valence-corrected chi connectivity index (χ1v) is 13.6. The number of amides is 1. The Kier molecular flexibility index (Phi) is 9.76. The number of nitrogens with zero attached hydrogens (tertiary/aromatic N) is 1. The van der Waals surface area contributed by atoms with Crippen LogP contribution in [0.15, 0.2) is 54.6 Å². The van der Waals surface area contributed by atoms with E-state index in [0.717, 1.165) is 30.6 Å². The lowest BCUT2D eigenvalue weighted by Crippen LogP contribution is -2.46. The van der Waals surface area contributed by atoms with Crippen molar-refractivity contribution in [2.75, 3.05) is 32.0 Å². The fraction of sp³-hybridized carbons (Fsp3) is 0.500. The van der Waals surface area contributed by atoms with Crippen LogP contribution in [0, 0.1) is 5.92 Å². The number of aryl methyl sites for hydroxylation is 2. The number of carbonyl (C=O) groups is 1. The van der Waals surface area contributed by atoms with Gasteiger partial charge in [-0.3, -0.25) is 4.79 Å². The zero-order valence-electron chi connectivity index (χ0n) is 19.5. The van der Waals surface area contributed by atoms with E-state index < -0.39 is 10.0 Å². The Morgan fingerprint density at radius 3 is 2.52 bits per heavy atom. The van der Waals surface area contributed by atoms with Crippen molar-refractivity contribution in [3.05, 3.63) is 65.7 Å². The lowest BCUT2D eigenvalue weighted by atomic mass is 9.99. The van der Waals surface area contributed by atoms with Crippen LogP contribution < -0.4 is 10.1 Å². The van der Waals surface area contributed by atoms with E-state index in [0.29, 0.717) is 39.0 Å². The number of hydrogen-bond donors (Lipinski definition) is 1. The van der Waals surface area contributed by atoms with Crippen LogP contribution >= 0.6 is 0 Å². The average molecular weight is 473 g/mol. The smallest absolute Gasteiger partial charge is 0.224 e. The van der Waals surface area contributed by atoms with Gasteiger partial charge in [-0.15, -0.1) is 0 Å². The van der Waals surface area contributed by atoms with Crippen molar-refractivity contribution in [3.8, 4) is 5.75 Å². The first-order chi connectivity index (χ1) is 16.0. The predicted molar refractivity (Wildman–Crippen MR) is 132 cm³/mol. The van der Waals surface area contributed by atoms with Crippen LogP contribution in [0.2, 0.25) is 0 Å². The van der Waals surface area contributed by atoms with Crippen LogP contribution in [-0.4, -0.2) is 50.6 Å². The molecule has 6 nitrogen and oxygen atoms in total. The first-order valence-electron chi connectivity index (χ1n) is 12.0. The Labute approximate surface area is 198 Å². The molecular weight excluding hydrogens is 436 g/mol. The van der Waals surface area contributed by atoms with Crippen LogP contribution in [0.25, 0.3) is 0 Å². The Morgan fingerprint density at radius 2 is 1.79 bits per heavy atom. The molecule has 3 rings (SSSR count). The highest BCUT2D eigenvalue weighted by atomic mass is 32.2. The summed E-state index contributed by atoms with van der Waals surface area (Å²) in [6.45, 7) is 3.69. The summed E-state index contributed by atoms with van der Waals surface area (Å²) in [7, 11) is -3.36. The normalized spacial score (nSPS) is 16.9. The lowest BCUT2D eigenvalue weighted by Gasteiger charge is -2.31. The van der Waals surface area contributed by atoms with Gasteiger partial charge in [0, 0.05) is 13.1 Å². The van der Waals surface area contributed by atoms with Gasteiger partial charge in [0.1, 0.15) is 12.4 Å². The van der Waals surface area contributed by atoms with Crippen LogP contribution in [0.1, 0.15) is 43.7 Å². The maximum atomic E-state index is 12.8. The minimum Gasteiger partial charge on any atom is -0.492 e. The summed E-state index contributed by atoms with van der Waals surface area (Å²) in [5.74, 6) is 0.493. The van der Waals surface area contributed by atoms with Crippen molar-refractivity contribution in [1.29, 1.82) is 0 Å². The van der Waals surface area contributed by atoms with Gasteiger partial charge < -0.3 is 10.1 Å². The molecule has 1 heterocycles. The molecule has 7 heteroatoms. The summed E-state index contributed by atoms with van der Waals surface area (Å²) in [4.78, 5) is 12.6. The molecule has 2 aromatic carbocycles. The highest BCUT2D eigenvalue weighted by Gasteiger charge is 2.31. The van der Waals surface area contributed by atoms with E-state index in [-0.39, 0.29) is 24.1 Å². The topological polar surface area (TPSA) is 75.7 Å². The van der Waals surface area contributed by atoms with E-state index in [4.69, 9.17) is 4.74 Å². The van der Waals surface area contributed by atoms with Crippen LogP contribution in [-0.2, 0) is 27.7 Å². The van der Waals surface area contributed by atoms with Crippen molar-refractivity contribution in [1.82, 2.24) is 9.62 Å². The zero-order valence-corrected chi connectivity index (χ0v) is 20.4. The number of hydrogen-bond acceptors (Lipinski definition) is 4. The molecule has 0 aliphatic carbocycles. The van der Waals surface area contributed by atoms with Crippen molar-refractivity contribution in [2.45, 2.75) is 45.4 Å². The quantitative estimate of drug-likeness (QED) is 0.477. The van der Waals surface area contributed by atoms with Gasteiger partial charge in [-0.2, -0.15) is 0 Å². The maximum absolute atomic E-state index is 12.8. The summed E-state index contributed by atoms with van der Waals surface area (Å²) in [5.41, 5.74) is 2.43. The summed E-state index contributed by atoms with van der Waals surface area (Å²) < 4.78 is 32.8. The van der Waals surface area contributed by atoms with Gasteiger partial charge in [0.15, 0.2) is 0 Å². The van der Waals surface area contributed by atoms with E-state index in [9.17, 15) is 13.2 Å². The van der Waals surface area contributed by atoms with Gasteiger partial charge in [0.05, 0.1) is 18.2 Å². The minimum atomic E-state index is -3.36. The van der Waals surface area contributed by atoms with E-state index in [1.54, 1.807) is 0 Å². The maximum Gasteiger partial charge on any atom is 0.224 e. The molecule has 1 N–H and O–H groups in total. The standard InChI is InChI=1S/C26H36N2O4S/c1-2-8-22-13-15-25(16-14-22)32-19-17-27-26(29)24-12-6-18-28(21-24)33(30,31)20-7-11-23-9-4-3-5-10-23/h3-5,9-10,13-16,24H,2,6-8,11-12,17-21H2,1H3,(H,27,29)/t24-/m1/s1. The number of rotatable bonds is 12. The molecule has 33 heavy (non-hydrogen) atoms. The van der Waals surface area contributed by atoms with Gasteiger partial charge in [-0.05, 0) is 55.4 Å². The van der Waals surface area contributed by atoms with Crippen molar-refractivity contribution in [2.24, 2.45) is 5.92 Å². The molecule has 1 aliphatic rings. The molecule has 0 spiro atoms. The Balaban J connectivity index is 1.39. The van der Waals surface area contributed by atoms with E-state index in [1.165, 1.54) is 9.87 Å². The monoisotopic (exact) mass is 472 g/mol. The molecule has 2 aromatic rings. The van der Waals surface area contributed by atoms with Gasteiger partial charge in [0.25, 0.3) is 0 Å². The summed E-state index contributed by atoms with van der Waals surface area (Å²) in [6.07, 6.45) is 4.89. The third kappa shape index (κ3) is 8.16. The Hall–Kier alpha value is -2.38. The minimum absolute atomic E-state index is 0.0962. The van der Waals surface area contributed by atoms with Crippen molar-refractivity contribution >= 4 is 15.9 Å². The number of piperidine rings is 1. The van der Waals surface area contributed by atoms with Crippen LogP contribution in [0.3, 0.4) is 0 Å². The molecule has 1 fully saturated rings. The Bertz CT molecular complexity index is 962. The summed E-state index contributed by atoms with van der Waals surface area (Å²) >= 11 is 0. The van der Waals surface area contributed by atoms with Crippen molar-refractivity contribution < 1.29 is 17.9 Å². The number of nitrogens with one attached hydrogen (secondary N) is 1. The molecule has 0 aromatic heterocycles. The summed E-state index contributed by atoms with van der Waals surface area (Å²) in [6, 6.07) is 17.9. The third-order valence-electron chi connectivity index (χ3n) is 5.99. The molecule has 180 valence electrons. The lowest BCUT2D eigenvalue weighted by molar-refractivity contribution is -0.126. The SMILES string of the molecule is CCCc1ccc(OCCNC(=O)[C@@H]2CCCN(S(=O)(=O)CCCc3ccccc3)C2)cc1. The fourth-order valence-electron chi connectivity index (χ4n) is 4.17. The van der Waals surface area contributed by atoms with Crippen LogP contribution in [0.5, 0.6) is 5.75 Å². The van der Waals surface area contributed by atoms with E-state index >= 15 is 0 Å². The number of ether oxygens (including phenoxy) is 1. The second kappa shape index (κ2) is 12.8. The number of carbonyl (C=O) groups excluding carboxylic acids is 1. The molecule has 0 unspecified atom stereocenters. The molecule has 1 atom stereocenters. The average Bonchev–Trinajstić information content (AvgIpc) is 2.83. The second-order valence-electron chi connectivity index (χ2n) is 8.64. The van der Waals surface area contributed by atoms with Gasteiger partial charge >= 0.3 is 0 Å².